The van der Waals surface area contributed by atoms with Crippen molar-refractivity contribution in [3.8, 4) is 0 Å². The van der Waals surface area contributed by atoms with E-state index in [1.807, 2.05) is 13.8 Å². The molecule has 2 atom stereocenters. The van der Waals surface area contributed by atoms with E-state index in [0.29, 0.717) is 25.9 Å². The first-order chi connectivity index (χ1) is 9.23. The molecule has 0 bridgehead atoms. The molecule has 1 heterocycles. The van der Waals surface area contributed by atoms with E-state index in [1.54, 1.807) is 13.8 Å². The minimum atomic E-state index is -0.677. The fraction of sp³-hybridized carbons (Fsp3) is 0.800. The lowest BCUT2D eigenvalue weighted by Gasteiger charge is -2.45. The van der Waals surface area contributed by atoms with Gasteiger partial charge >= 0.3 is 5.91 Å². The van der Waals surface area contributed by atoms with Gasteiger partial charge in [0, 0.05) is 11.8 Å². The summed E-state index contributed by atoms with van der Waals surface area (Å²) in [6.45, 7) is 8.33. The second-order valence-electron chi connectivity index (χ2n) is 6.28. The number of hydrogen-bond acceptors (Lipinski definition) is 4. The summed E-state index contributed by atoms with van der Waals surface area (Å²) in [6.07, 6.45) is 2.97. The van der Waals surface area contributed by atoms with Crippen LogP contribution in [0.5, 0.6) is 0 Å². The first-order valence-electron chi connectivity index (χ1n) is 7.40. The van der Waals surface area contributed by atoms with Gasteiger partial charge in [-0.05, 0) is 26.2 Å². The molecule has 1 aliphatic rings. The molecule has 0 aliphatic carbocycles. The zero-order valence-electron chi connectivity index (χ0n) is 12.9. The van der Waals surface area contributed by atoms with Gasteiger partial charge in [0.05, 0.1) is 18.2 Å². The Labute approximate surface area is 126 Å². The lowest BCUT2D eigenvalue weighted by molar-refractivity contribution is -0.870. The van der Waals surface area contributed by atoms with Gasteiger partial charge in [0.15, 0.2) is 0 Å². The van der Waals surface area contributed by atoms with Crippen LogP contribution < -0.4 is 0 Å². The summed E-state index contributed by atoms with van der Waals surface area (Å²) in [5.41, 5.74) is -0.677. The zero-order valence-corrected chi connectivity index (χ0v) is 13.7. The number of rotatable bonds is 5. The molecule has 0 aromatic carbocycles. The van der Waals surface area contributed by atoms with Crippen LogP contribution in [0.2, 0.25) is 0 Å². The summed E-state index contributed by atoms with van der Waals surface area (Å²) in [5, 5.41) is -0.387. The predicted molar refractivity (Wildman–Crippen MR) is 79.8 cm³/mol. The molecule has 1 aliphatic heterocycles. The standard InChI is InChI=1S/C15H25NO3S/c1-5-15(3,4)12(17)13(18)16(6-2)10-8-7-9-11(16)14(19)20/h11H,5-10H2,1-4H3. The largest absolute Gasteiger partial charge is 0.736 e. The third kappa shape index (κ3) is 2.93. The lowest BCUT2D eigenvalue weighted by Crippen LogP contribution is -2.66. The number of piperidine rings is 1. The quantitative estimate of drug-likeness (QED) is 0.442. The van der Waals surface area contributed by atoms with E-state index in [4.69, 9.17) is 12.6 Å². The Balaban J connectivity index is 3.18. The van der Waals surface area contributed by atoms with E-state index in [1.165, 1.54) is 0 Å². The number of nitrogens with zero attached hydrogens (tertiary/aromatic N) is 1. The molecule has 0 aromatic heterocycles. The first kappa shape index (κ1) is 17.2. The summed E-state index contributed by atoms with van der Waals surface area (Å²) >= 11 is 4.82. The highest BCUT2D eigenvalue weighted by atomic mass is 32.1. The van der Waals surface area contributed by atoms with Gasteiger partial charge in [0.25, 0.3) is 5.78 Å². The van der Waals surface area contributed by atoms with Gasteiger partial charge in [-0.2, -0.15) is 0 Å². The van der Waals surface area contributed by atoms with Crippen molar-refractivity contribution < 1.29 is 18.9 Å². The number of carbonyl (C=O) groups excluding carboxylic acids is 3. The number of hydrogen-bond donors (Lipinski definition) is 0. The molecule has 0 saturated carbocycles. The Bertz CT molecular complexity index is 419. The maximum absolute atomic E-state index is 12.8. The topological polar surface area (TPSA) is 51.2 Å². The minimum Gasteiger partial charge on any atom is -0.736 e. The molecule has 114 valence electrons. The second kappa shape index (κ2) is 6.31. The monoisotopic (exact) mass is 299 g/mol. The number of likely N-dealkylation sites (N-methyl/N-ethyl adjacent to an activating group) is 1. The fourth-order valence-corrected chi connectivity index (χ4v) is 3.19. The number of likely N-dealkylation sites (tertiary alicyclic amines) is 1. The van der Waals surface area contributed by atoms with Gasteiger partial charge in [-0.25, -0.2) is 9.28 Å². The van der Waals surface area contributed by atoms with Crippen LogP contribution in [0, 0.1) is 5.41 Å². The van der Waals surface area contributed by atoms with Crippen molar-refractivity contribution in [2.24, 2.45) is 5.41 Å². The van der Waals surface area contributed by atoms with Crippen molar-refractivity contribution in [2.45, 2.75) is 59.4 Å². The zero-order chi connectivity index (χ0) is 15.6. The average Bonchev–Trinajstić information content (AvgIpc) is 2.45. The van der Waals surface area contributed by atoms with Gasteiger partial charge in [-0.3, -0.25) is 4.79 Å². The van der Waals surface area contributed by atoms with Crippen LogP contribution in [0.15, 0.2) is 0 Å². The van der Waals surface area contributed by atoms with Crippen molar-refractivity contribution in [2.75, 3.05) is 13.1 Å². The van der Waals surface area contributed by atoms with E-state index >= 15 is 0 Å². The lowest BCUT2D eigenvalue weighted by atomic mass is 9.83. The number of Topliss-reactive ketones (excluding diaryl/α,β-unsaturated/α-hetero) is 1. The summed E-state index contributed by atoms with van der Waals surface area (Å²) in [4.78, 5) is 37.1. The van der Waals surface area contributed by atoms with Crippen LogP contribution >= 0.6 is 0 Å². The maximum Gasteiger partial charge on any atom is 0.382 e. The van der Waals surface area contributed by atoms with Crippen molar-refractivity contribution >= 4 is 29.4 Å². The molecule has 1 rings (SSSR count). The number of amides is 1. The van der Waals surface area contributed by atoms with Gasteiger partial charge in [-0.1, -0.05) is 20.8 Å². The SMILES string of the molecule is CCC(C)(C)C(=O)C(=O)[N+]1(CC)CCCCC1C(=O)[S-]. The summed E-state index contributed by atoms with van der Waals surface area (Å²) in [7, 11) is 0. The number of quaternary nitrogens is 1. The van der Waals surface area contributed by atoms with E-state index in [9.17, 15) is 14.4 Å². The van der Waals surface area contributed by atoms with E-state index in [2.05, 4.69) is 0 Å². The smallest absolute Gasteiger partial charge is 0.382 e. The van der Waals surface area contributed by atoms with Gasteiger partial charge < -0.3 is 17.4 Å². The summed E-state index contributed by atoms with van der Waals surface area (Å²) in [5.74, 6) is -0.799. The predicted octanol–water partition coefficient (Wildman–Crippen LogP) is 1.98. The Hall–Kier alpha value is -0.810. The Morgan fingerprint density at radius 3 is 2.25 bits per heavy atom. The average molecular weight is 299 g/mol. The fourth-order valence-electron chi connectivity index (χ4n) is 2.87. The minimum absolute atomic E-state index is 0.0649. The molecule has 1 fully saturated rings. The molecule has 1 amide bonds. The third-order valence-electron chi connectivity index (χ3n) is 4.81. The molecule has 2 unspecified atom stereocenters. The first-order valence-corrected chi connectivity index (χ1v) is 7.80. The van der Waals surface area contributed by atoms with Gasteiger partial charge in [0.2, 0.25) is 0 Å². The number of carbonyl (C=O) groups is 3. The van der Waals surface area contributed by atoms with Crippen molar-refractivity contribution in [3.05, 3.63) is 0 Å². The molecule has 0 spiro atoms. The van der Waals surface area contributed by atoms with Crippen molar-refractivity contribution in [1.82, 2.24) is 0 Å². The van der Waals surface area contributed by atoms with Gasteiger partial charge in [0.1, 0.15) is 6.04 Å². The third-order valence-corrected chi connectivity index (χ3v) is 5.09. The van der Waals surface area contributed by atoms with Crippen LogP contribution in [0.1, 0.15) is 53.4 Å². The van der Waals surface area contributed by atoms with E-state index < -0.39 is 17.4 Å². The van der Waals surface area contributed by atoms with Crippen LogP contribution in [-0.2, 0) is 27.0 Å². The van der Waals surface area contributed by atoms with Crippen LogP contribution in [-0.4, -0.2) is 40.4 Å². The highest BCUT2D eigenvalue weighted by molar-refractivity contribution is 7.77. The highest BCUT2D eigenvalue weighted by Gasteiger charge is 2.50. The van der Waals surface area contributed by atoms with Crippen LogP contribution in [0.25, 0.3) is 0 Å². The molecule has 20 heavy (non-hydrogen) atoms. The molecule has 4 nitrogen and oxygen atoms in total. The Morgan fingerprint density at radius 1 is 1.20 bits per heavy atom. The Morgan fingerprint density at radius 2 is 1.80 bits per heavy atom. The maximum atomic E-state index is 12.8. The molecular weight excluding hydrogens is 274 g/mol. The molecule has 5 heteroatoms. The second-order valence-corrected chi connectivity index (χ2v) is 6.68. The van der Waals surface area contributed by atoms with Crippen molar-refractivity contribution in [3.63, 3.8) is 0 Å². The van der Waals surface area contributed by atoms with E-state index in [0.717, 1.165) is 12.8 Å². The molecular formula is C15H25NO3S. The normalized spacial score (nSPS) is 27.1. The summed E-state index contributed by atoms with van der Waals surface area (Å²) < 4.78 is -0.0649. The summed E-state index contributed by atoms with van der Waals surface area (Å²) in [6, 6.07) is -0.521. The highest BCUT2D eigenvalue weighted by Crippen LogP contribution is 2.31. The van der Waals surface area contributed by atoms with Gasteiger partial charge in [-0.15, -0.1) is 0 Å². The molecule has 0 N–H and O–H groups in total. The number of ketones is 1. The van der Waals surface area contributed by atoms with E-state index in [-0.39, 0.29) is 15.4 Å². The Kier molecular flexibility index (Phi) is 5.44. The molecule has 1 saturated heterocycles. The van der Waals surface area contributed by atoms with Crippen LogP contribution in [0.3, 0.4) is 0 Å². The van der Waals surface area contributed by atoms with Crippen LogP contribution in [0.4, 0.5) is 0 Å². The van der Waals surface area contributed by atoms with Crippen molar-refractivity contribution in [1.29, 1.82) is 0 Å². The molecule has 0 radical (unpaired) electrons. The molecule has 0 aromatic rings.